The molecule has 4 rings (SSSR count). The number of thiophene rings is 1. The van der Waals surface area contributed by atoms with Crippen molar-refractivity contribution in [2.45, 2.75) is 63.2 Å². The van der Waals surface area contributed by atoms with E-state index in [9.17, 15) is 8.42 Å². The molecule has 1 heterocycles. The molecule has 0 saturated carbocycles. The van der Waals surface area contributed by atoms with Gasteiger partial charge in [0.05, 0.1) is 10.6 Å². The Balaban J connectivity index is 1.68. The summed E-state index contributed by atoms with van der Waals surface area (Å²) >= 11 is 1.76. The van der Waals surface area contributed by atoms with E-state index in [2.05, 4.69) is 58.0 Å². The molecule has 2 aromatic carbocycles. The number of hydrogen-bond acceptors (Lipinski definition) is 3. The molecule has 1 aliphatic carbocycles. The Morgan fingerprint density at radius 1 is 0.767 bits per heavy atom. The summed E-state index contributed by atoms with van der Waals surface area (Å²) in [5, 5.41) is 0. The molecule has 0 bridgehead atoms. The van der Waals surface area contributed by atoms with Crippen molar-refractivity contribution in [2.75, 3.05) is 5.75 Å². The Bertz CT molecular complexity index is 1180. The quantitative estimate of drug-likeness (QED) is 0.431. The Morgan fingerprint density at radius 2 is 1.30 bits per heavy atom. The molecule has 2 nitrogen and oxygen atoms in total. The molecule has 0 amide bonds. The smallest absolute Gasteiger partial charge is 0.178 e. The van der Waals surface area contributed by atoms with Crippen LogP contribution < -0.4 is 0 Å². The molecule has 0 aliphatic heterocycles. The summed E-state index contributed by atoms with van der Waals surface area (Å²) in [7, 11) is -3.16. The van der Waals surface area contributed by atoms with E-state index in [0.717, 1.165) is 10.4 Å². The Kier molecular flexibility index (Phi) is 5.22. The molecule has 0 unspecified atom stereocenters. The van der Waals surface area contributed by atoms with Crippen molar-refractivity contribution in [3.05, 3.63) is 65.7 Å². The van der Waals surface area contributed by atoms with Crippen LogP contribution in [0.1, 0.15) is 58.6 Å². The average molecular weight is 439 g/mol. The molecule has 158 valence electrons. The lowest BCUT2D eigenvalue weighted by Crippen LogP contribution is -2.33. The first-order chi connectivity index (χ1) is 14.0. The van der Waals surface area contributed by atoms with Gasteiger partial charge in [0, 0.05) is 9.75 Å². The second kappa shape index (κ2) is 7.35. The fourth-order valence-corrected chi connectivity index (χ4v) is 6.28. The second-order valence-electron chi connectivity index (χ2n) is 9.62. The molecule has 0 saturated heterocycles. The Hall–Kier alpha value is -1.91. The van der Waals surface area contributed by atoms with Crippen molar-refractivity contribution >= 4 is 21.2 Å². The molecular weight excluding hydrogens is 408 g/mol. The monoisotopic (exact) mass is 438 g/mol. The first kappa shape index (κ1) is 21.3. The molecule has 30 heavy (non-hydrogen) atoms. The van der Waals surface area contributed by atoms with Gasteiger partial charge in [-0.05, 0) is 76.3 Å². The third-order valence-electron chi connectivity index (χ3n) is 6.62. The minimum Gasteiger partial charge on any atom is -0.224 e. The molecule has 1 aliphatic rings. The van der Waals surface area contributed by atoms with Crippen LogP contribution in [0.5, 0.6) is 0 Å². The van der Waals surface area contributed by atoms with Crippen LogP contribution in [0.4, 0.5) is 0 Å². The highest BCUT2D eigenvalue weighted by Crippen LogP contribution is 2.47. The second-order valence-corrected chi connectivity index (χ2v) is 13.0. The minimum absolute atomic E-state index is 0.126. The van der Waals surface area contributed by atoms with E-state index >= 15 is 0 Å². The van der Waals surface area contributed by atoms with Crippen LogP contribution in [-0.4, -0.2) is 14.2 Å². The first-order valence-corrected chi connectivity index (χ1v) is 13.1. The van der Waals surface area contributed by atoms with E-state index in [1.807, 2.05) is 12.1 Å². The van der Waals surface area contributed by atoms with E-state index in [1.54, 1.807) is 30.4 Å². The third kappa shape index (κ3) is 3.76. The van der Waals surface area contributed by atoms with Crippen molar-refractivity contribution < 1.29 is 8.42 Å². The van der Waals surface area contributed by atoms with E-state index in [1.165, 1.54) is 34.4 Å². The van der Waals surface area contributed by atoms with Gasteiger partial charge in [-0.2, -0.15) is 0 Å². The summed E-state index contributed by atoms with van der Waals surface area (Å²) in [6.07, 6.45) is 2.43. The molecular formula is C26H30O2S2. The van der Waals surface area contributed by atoms with Gasteiger partial charge < -0.3 is 0 Å². The van der Waals surface area contributed by atoms with Crippen molar-refractivity contribution in [3.8, 4) is 20.9 Å². The number of hydrogen-bond donors (Lipinski definition) is 0. The van der Waals surface area contributed by atoms with Gasteiger partial charge in [-0.1, -0.05) is 58.9 Å². The van der Waals surface area contributed by atoms with Gasteiger partial charge in [-0.25, -0.2) is 8.42 Å². The predicted octanol–water partition coefficient (Wildman–Crippen LogP) is 7.22. The Labute approximate surface area is 184 Å². The zero-order chi connectivity index (χ0) is 21.7. The van der Waals surface area contributed by atoms with Gasteiger partial charge in [0.25, 0.3) is 0 Å². The first-order valence-electron chi connectivity index (χ1n) is 10.6. The maximum Gasteiger partial charge on any atom is 0.178 e. The van der Waals surface area contributed by atoms with Crippen LogP contribution in [0.3, 0.4) is 0 Å². The third-order valence-corrected chi connectivity index (χ3v) is 9.56. The van der Waals surface area contributed by atoms with E-state index in [0.29, 0.717) is 4.90 Å². The summed E-state index contributed by atoms with van der Waals surface area (Å²) in [6, 6.07) is 18.6. The predicted molar refractivity (Wildman–Crippen MR) is 128 cm³/mol. The maximum absolute atomic E-state index is 12.1. The van der Waals surface area contributed by atoms with Crippen LogP contribution in [-0.2, 0) is 20.7 Å². The summed E-state index contributed by atoms with van der Waals surface area (Å²) in [5.74, 6) is 0.126. The molecule has 0 atom stereocenters. The summed E-state index contributed by atoms with van der Waals surface area (Å²) in [6.45, 7) is 11.1. The van der Waals surface area contributed by atoms with Crippen LogP contribution >= 0.6 is 11.3 Å². The molecule has 0 spiro atoms. The standard InChI is InChI=1S/C26H30O2S2/c1-6-30(27,28)20-10-7-18(8-11-20)23-13-14-24(29-23)19-9-12-21-22(17-19)26(4,5)16-15-25(21,2)3/h7-14,17H,6,15-16H2,1-5H3. The van der Waals surface area contributed by atoms with Gasteiger partial charge in [-0.15, -0.1) is 11.3 Å². The minimum atomic E-state index is -3.16. The van der Waals surface area contributed by atoms with Crippen LogP contribution in [0.15, 0.2) is 59.5 Å². The van der Waals surface area contributed by atoms with Crippen LogP contribution in [0.25, 0.3) is 20.9 Å². The van der Waals surface area contributed by atoms with Crippen molar-refractivity contribution in [1.29, 1.82) is 0 Å². The molecule has 0 N–H and O–H groups in total. The zero-order valence-corrected chi connectivity index (χ0v) is 20.1. The van der Waals surface area contributed by atoms with Crippen LogP contribution in [0.2, 0.25) is 0 Å². The number of sulfone groups is 1. The molecule has 1 aromatic heterocycles. The number of benzene rings is 2. The van der Waals surface area contributed by atoms with E-state index < -0.39 is 9.84 Å². The normalized spacial score (nSPS) is 17.5. The van der Waals surface area contributed by atoms with Gasteiger partial charge in [0.2, 0.25) is 0 Å². The SMILES string of the molecule is CCS(=O)(=O)c1ccc(-c2ccc(-c3ccc4c(c3)C(C)(C)CCC4(C)C)s2)cc1. The van der Waals surface area contributed by atoms with Gasteiger partial charge >= 0.3 is 0 Å². The molecule has 0 radical (unpaired) electrons. The number of rotatable bonds is 4. The fraction of sp³-hybridized carbons (Fsp3) is 0.385. The molecule has 3 aromatic rings. The summed E-state index contributed by atoms with van der Waals surface area (Å²) in [5.41, 5.74) is 5.69. The van der Waals surface area contributed by atoms with Crippen LogP contribution in [0, 0.1) is 0 Å². The molecule has 0 fully saturated rings. The van der Waals surface area contributed by atoms with E-state index in [4.69, 9.17) is 0 Å². The fourth-order valence-electron chi connectivity index (χ4n) is 4.38. The van der Waals surface area contributed by atoms with Gasteiger partial charge in [0.1, 0.15) is 0 Å². The van der Waals surface area contributed by atoms with Crippen molar-refractivity contribution in [3.63, 3.8) is 0 Å². The average Bonchev–Trinajstić information content (AvgIpc) is 3.22. The summed E-state index contributed by atoms with van der Waals surface area (Å²) in [4.78, 5) is 2.80. The van der Waals surface area contributed by atoms with Crippen molar-refractivity contribution in [2.24, 2.45) is 0 Å². The lowest BCUT2D eigenvalue weighted by Gasteiger charge is -2.42. The number of fused-ring (bicyclic) bond motifs is 1. The highest BCUT2D eigenvalue weighted by molar-refractivity contribution is 7.91. The topological polar surface area (TPSA) is 34.1 Å². The van der Waals surface area contributed by atoms with E-state index in [-0.39, 0.29) is 16.6 Å². The van der Waals surface area contributed by atoms with Gasteiger partial charge in [0.15, 0.2) is 9.84 Å². The molecule has 4 heteroatoms. The zero-order valence-electron chi connectivity index (χ0n) is 18.5. The lowest BCUT2D eigenvalue weighted by atomic mass is 9.63. The highest BCUT2D eigenvalue weighted by atomic mass is 32.2. The maximum atomic E-state index is 12.1. The lowest BCUT2D eigenvalue weighted by molar-refractivity contribution is 0.332. The van der Waals surface area contributed by atoms with Crippen molar-refractivity contribution in [1.82, 2.24) is 0 Å². The summed E-state index contributed by atoms with van der Waals surface area (Å²) < 4.78 is 24.1. The largest absolute Gasteiger partial charge is 0.224 e. The van der Waals surface area contributed by atoms with Gasteiger partial charge in [-0.3, -0.25) is 0 Å². The Morgan fingerprint density at radius 3 is 1.90 bits per heavy atom. The highest BCUT2D eigenvalue weighted by Gasteiger charge is 2.37.